The van der Waals surface area contributed by atoms with Crippen LogP contribution in [0.1, 0.15) is 20.9 Å². The molecule has 0 unspecified atom stereocenters. The van der Waals surface area contributed by atoms with Crippen molar-refractivity contribution in [3.8, 4) is 0 Å². The Bertz CT molecular complexity index is 667. The lowest BCUT2D eigenvalue weighted by Gasteiger charge is -2.07. The average molecular weight is 306 g/mol. The molecule has 0 atom stereocenters. The number of hydrazine groups is 1. The zero-order chi connectivity index (χ0) is 15.9. The van der Waals surface area contributed by atoms with Crippen molar-refractivity contribution in [2.24, 2.45) is 0 Å². The lowest BCUT2D eigenvalue weighted by Crippen LogP contribution is -2.43. The number of benzene rings is 1. The number of amides is 2. The van der Waals surface area contributed by atoms with E-state index < -0.39 is 30.2 Å². The number of esters is 1. The number of ether oxygens (including phenoxy) is 1. The van der Waals surface area contributed by atoms with Gasteiger partial charge in [0.2, 0.25) is 5.76 Å². The van der Waals surface area contributed by atoms with Crippen LogP contribution in [-0.4, -0.2) is 24.4 Å². The molecular formula is C14H11FN2O5. The van der Waals surface area contributed by atoms with Crippen molar-refractivity contribution in [1.29, 1.82) is 0 Å². The molecule has 1 aromatic carbocycles. The zero-order valence-corrected chi connectivity index (χ0v) is 11.2. The fraction of sp³-hybridized carbons (Fsp3) is 0.0714. The molecule has 0 aliphatic heterocycles. The van der Waals surface area contributed by atoms with Gasteiger partial charge in [0.15, 0.2) is 6.61 Å². The summed E-state index contributed by atoms with van der Waals surface area (Å²) in [6.07, 6.45) is 1.29. The molecule has 0 radical (unpaired) electrons. The minimum Gasteiger partial charge on any atom is -0.457 e. The van der Waals surface area contributed by atoms with Crippen LogP contribution in [0, 0.1) is 5.82 Å². The highest BCUT2D eigenvalue weighted by atomic mass is 19.1. The van der Waals surface area contributed by atoms with E-state index in [9.17, 15) is 18.8 Å². The molecule has 7 nitrogen and oxygen atoms in total. The summed E-state index contributed by atoms with van der Waals surface area (Å²) in [6.45, 7) is -0.594. The van der Waals surface area contributed by atoms with Gasteiger partial charge in [-0.2, -0.15) is 0 Å². The first kappa shape index (κ1) is 15.2. The van der Waals surface area contributed by atoms with E-state index in [4.69, 9.17) is 4.42 Å². The molecule has 0 spiro atoms. The quantitative estimate of drug-likeness (QED) is 0.649. The topological polar surface area (TPSA) is 97.6 Å². The van der Waals surface area contributed by atoms with Crippen LogP contribution in [0.15, 0.2) is 47.1 Å². The minimum absolute atomic E-state index is 0.0388. The van der Waals surface area contributed by atoms with Crippen LogP contribution < -0.4 is 10.9 Å². The van der Waals surface area contributed by atoms with E-state index in [-0.39, 0.29) is 11.3 Å². The predicted molar refractivity (Wildman–Crippen MR) is 71.0 cm³/mol. The van der Waals surface area contributed by atoms with Crippen molar-refractivity contribution in [2.45, 2.75) is 0 Å². The highest BCUT2D eigenvalue weighted by Gasteiger charge is 2.13. The maximum atomic E-state index is 12.7. The van der Waals surface area contributed by atoms with Crippen LogP contribution in [0.2, 0.25) is 0 Å². The molecule has 2 amide bonds. The van der Waals surface area contributed by atoms with Crippen molar-refractivity contribution < 1.29 is 27.9 Å². The molecule has 0 saturated carbocycles. The summed E-state index contributed by atoms with van der Waals surface area (Å²) in [4.78, 5) is 34.4. The van der Waals surface area contributed by atoms with E-state index in [1.165, 1.54) is 30.5 Å². The molecule has 2 aromatic rings. The number of hydrogen-bond donors (Lipinski definition) is 2. The second-order valence-corrected chi connectivity index (χ2v) is 4.06. The molecule has 0 aliphatic carbocycles. The van der Waals surface area contributed by atoms with Gasteiger partial charge in [0.1, 0.15) is 5.82 Å². The molecule has 114 valence electrons. The Kier molecular flexibility index (Phi) is 4.86. The Hall–Kier alpha value is -3.16. The zero-order valence-electron chi connectivity index (χ0n) is 11.2. The predicted octanol–water partition coefficient (Wildman–Crippen LogP) is 1.04. The molecule has 1 heterocycles. The van der Waals surface area contributed by atoms with Crippen LogP contribution in [0.5, 0.6) is 0 Å². The molecule has 0 aliphatic rings. The van der Waals surface area contributed by atoms with Gasteiger partial charge in [-0.3, -0.25) is 20.4 Å². The molecule has 2 N–H and O–H groups in total. The summed E-state index contributed by atoms with van der Waals surface area (Å²) in [5.74, 6) is -2.69. The van der Waals surface area contributed by atoms with Crippen molar-refractivity contribution >= 4 is 17.8 Å². The van der Waals surface area contributed by atoms with Gasteiger partial charge >= 0.3 is 5.97 Å². The van der Waals surface area contributed by atoms with Gasteiger partial charge in [-0.25, -0.2) is 9.18 Å². The van der Waals surface area contributed by atoms with E-state index in [0.29, 0.717) is 0 Å². The second kappa shape index (κ2) is 7.02. The third kappa shape index (κ3) is 4.17. The van der Waals surface area contributed by atoms with Gasteiger partial charge in [0.25, 0.3) is 11.8 Å². The fourth-order valence-corrected chi connectivity index (χ4v) is 1.43. The maximum Gasteiger partial charge on any atom is 0.374 e. The molecule has 2 rings (SSSR count). The van der Waals surface area contributed by atoms with E-state index in [2.05, 4.69) is 15.6 Å². The number of nitrogens with one attached hydrogen (secondary N) is 2. The SMILES string of the molecule is O=C(COC(=O)c1ccco1)NNC(=O)c1ccc(F)cc1. The summed E-state index contributed by atoms with van der Waals surface area (Å²) in [7, 11) is 0. The number of carbonyl (C=O) groups excluding carboxylic acids is 3. The fourth-order valence-electron chi connectivity index (χ4n) is 1.43. The number of hydrogen-bond acceptors (Lipinski definition) is 5. The maximum absolute atomic E-state index is 12.7. The van der Waals surface area contributed by atoms with Gasteiger partial charge in [0, 0.05) is 5.56 Å². The van der Waals surface area contributed by atoms with Gasteiger partial charge in [0.05, 0.1) is 6.26 Å². The number of rotatable bonds is 4. The van der Waals surface area contributed by atoms with E-state index >= 15 is 0 Å². The van der Waals surface area contributed by atoms with Crippen molar-refractivity contribution in [3.05, 3.63) is 59.8 Å². The highest BCUT2D eigenvalue weighted by molar-refractivity contribution is 5.95. The summed E-state index contributed by atoms with van der Waals surface area (Å²) >= 11 is 0. The van der Waals surface area contributed by atoms with Crippen LogP contribution >= 0.6 is 0 Å². The molecule has 0 bridgehead atoms. The molecule has 1 aromatic heterocycles. The van der Waals surface area contributed by atoms with Crippen LogP contribution in [0.25, 0.3) is 0 Å². The minimum atomic E-state index is -0.801. The molecule has 22 heavy (non-hydrogen) atoms. The Morgan fingerprint density at radius 1 is 1.09 bits per heavy atom. The lowest BCUT2D eigenvalue weighted by molar-refractivity contribution is -0.125. The number of furan rings is 1. The van der Waals surface area contributed by atoms with E-state index in [1.807, 2.05) is 0 Å². The van der Waals surface area contributed by atoms with Gasteiger partial charge in [-0.1, -0.05) is 0 Å². The van der Waals surface area contributed by atoms with Crippen LogP contribution in [0.3, 0.4) is 0 Å². The largest absolute Gasteiger partial charge is 0.457 e. The summed E-state index contributed by atoms with van der Waals surface area (Å²) in [5, 5.41) is 0. The van der Waals surface area contributed by atoms with Crippen molar-refractivity contribution in [3.63, 3.8) is 0 Å². The number of halogens is 1. The number of carbonyl (C=O) groups is 3. The standard InChI is InChI=1S/C14H11FN2O5/c15-10-5-3-9(4-6-10)13(19)17-16-12(18)8-22-14(20)11-2-1-7-21-11/h1-7H,8H2,(H,16,18)(H,17,19). The van der Waals surface area contributed by atoms with E-state index in [0.717, 1.165) is 12.1 Å². The molecule has 8 heteroatoms. The first-order chi connectivity index (χ1) is 10.6. The van der Waals surface area contributed by atoms with Crippen molar-refractivity contribution in [1.82, 2.24) is 10.9 Å². The third-order valence-corrected chi connectivity index (χ3v) is 2.48. The van der Waals surface area contributed by atoms with Gasteiger partial charge in [-0.15, -0.1) is 0 Å². The van der Waals surface area contributed by atoms with Crippen LogP contribution in [-0.2, 0) is 9.53 Å². The average Bonchev–Trinajstić information content (AvgIpc) is 3.05. The van der Waals surface area contributed by atoms with E-state index in [1.54, 1.807) is 0 Å². The first-order valence-electron chi connectivity index (χ1n) is 6.11. The summed E-state index contributed by atoms with van der Waals surface area (Å²) in [5.41, 5.74) is 4.32. The molecule has 0 saturated heterocycles. The molecular weight excluding hydrogens is 295 g/mol. The Morgan fingerprint density at radius 3 is 2.45 bits per heavy atom. The smallest absolute Gasteiger partial charge is 0.374 e. The van der Waals surface area contributed by atoms with Crippen molar-refractivity contribution in [2.75, 3.05) is 6.61 Å². The summed E-state index contributed by atoms with van der Waals surface area (Å²) < 4.78 is 22.1. The second-order valence-electron chi connectivity index (χ2n) is 4.06. The van der Waals surface area contributed by atoms with Gasteiger partial charge in [-0.05, 0) is 36.4 Å². The Labute approximate surface area is 124 Å². The highest BCUT2D eigenvalue weighted by Crippen LogP contribution is 2.02. The Morgan fingerprint density at radius 2 is 1.82 bits per heavy atom. The lowest BCUT2D eigenvalue weighted by atomic mass is 10.2. The third-order valence-electron chi connectivity index (χ3n) is 2.48. The first-order valence-corrected chi connectivity index (χ1v) is 6.11. The van der Waals surface area contributed by atoms with Crippen LogP contribution in [0.4, 0.5) is 4.39 Å². The Balaban J connectivity index is 1.74. The normalized spacial score (nSPS) is 9.86. The molecule has 0 fully saturated rings. The summed E-state index contributed by atoms with van der Waals surface area (Å²) in [6, 6.07) is 7.63. The monoisotopic (exact) mass is 306 g/mol. The van der Waals surface area contributed by atoms with Gasteiger partial charge < -0.3 is 9.15 Å².